The summed E-state index contributed by atoms with van der Waals surface area (Å²) >= 11 is 6.03. The summed E-state index contributed by atoms with van der Waals surface area (Å²) in [5.41, 5.74) is 4.94. The maximum atomic E-state index is 12.4. The summed E-state index contributed by atoms with van der Waals surface area (Å²) in [5, 5.41) is 3.50. The van der Waals surface area contributed by atoms with Crippen LogP contribution in [0.1, 0.15) is 18.1 Å². The van der Waals surface area contributed by atoms with Gasteiger partial charge in [0.2, 0.25) is 5.89 Å². The zero-order valence-electron chi connectivity index (χ0n) is 16.7. The number of amides is 1. The summed E-state index contributed by atoms with van der Waals surface area (Å²) in [4.78, 5) is 16.9. The Balaban J connectivity index is 1.47. The molecule has 0 bridgehead atoms. The Morgan fingerprint density at radius 2 is 1.90 bits per heavy atom. The Kier molecular flexibility index (Phi) is 5.72. The molecule has 0 aliphatic carbocycles. The smallest absolute Gasteiger partial charge is 0.262 e. The van der Waals surface area contributed by atoms with Crippen molar-refractivity contribution in [1.29, 1.82) is 0 Å². The number of carbonyl (C=O) groups excluding carboxylic acids is 1. The predicted molar refractivity (Wildman–Crippen MR) is 119 cm³/mol. The van der Waals surface area contributed by atoms with Gasteiger partial charge in [0, 0.05) is 16.3 Å². The van der Waals surface area contributed by atoms with Crippen LogP contribution in [0.15, 0.2) is 65.1 Å². The molecule has 0 saturated carbocycles. The number of halogens is 1. The number of aromatic nitrogens is 1. The van der Waals surface area contributed by atoms with Gasteiger partial charge in [0.05, 0.1) is 0 Å². The number of aryl methyl sites for hydroxylation is 2. The molecule has 0 aliphatic heterocycles. The van der Waals surface area contributed by atoms with Crippen LogP contribution in [0.4, 0.5) is 5.69 Å². The maximum absolute atomic E-state index is 12.4. The van der Waals surface area contributed by atoms with Crippen LogP contribution in [0.5, 0.6) is 5.75 Å². The second-order valence-electron chi connectivity index (χ2n) is 7.00. The summed E-state index contributed by atoms with van der Waals surface area (Å²) in [5.74, 6) is 0.896. The van der Waals surface area contributed by atoms with E-state index in [0.29, 0.717) is 33.4 Å². The molecule has 3 aromatic carbocycles. The second-order valence-corrected chi connectivity index (χ2v) is 7.43. The van der Waals surface area contributed by atoms with Crippen molar-refractivity contribution in [3.05, 3.63) is 76.8 Å². The van der Waals surface area contributed by atoms with Crippen molar-refractivity contribution < 1.29 is 13.9 Å². The highest BCUT2D eigenvalue weighted by molar-refractivity contribution is 6.31. The number of benzene rings is 3. The minimum Gasteiger partial charge on any atom is -0.484 e. The van der Waals surface area contributed by atoms with Gasteiger partial charge in [-0.1, -0.05) is 36.7 Å². The number of anilines is 1. The summed E-state index contributed by atoms with van der Waals surface area (Å²) in [6.07, 6.45) is 0.962. The van der Waals surface area contributed by atoms with E-state index in [4.69, 9.17) is 20.8 Å². The normalized spacial score (nSPS) is 10.9. The van der Waals surface area contributed by atoms with Gasteiger partial charge >= 0.3 is 0 Å². The standard InChI is InChI=1S/C24H21ClN2O3/c1-3-16-5-9-19(10-6-16)29-14-23(28)26-20-12-17(7-4-15(20)2)24-27-21-13-18(25)8-11-22(21)30-24/h4-13H,3,14H2,1-2H3,(H,26,28). The fourth-order valence-electron chi connectivity index (χ4n) is 3.07. The first-order valence-corrected chi connectivity index (χ1v) is 10.1. The van der Waals surface area contributed by atoms with Gasteiger partial charge in [-0.2, -0.15) is 0 Å². The van der Waals surface area contributed by atoms with Gasteiger partial charge in [0.15, 0.2) is 12.2 Å². The Hall–Kier alpha value is -3.31. The van der Waals surface area contributed by atoms with Gasteiger partial charge in [-0.15, -0.1) is 0 Å². The highest BCUT2D eigenvalue weighted by atomic mass is 35.5. The number of carbonyl (C=O) groups is 1. The van der Waals surface area contributed by atoms with E-state index in [2.05, 4.69) is 17.2 Å². The lowest BCUT2D eigenvalue weighted by atomic mass is 10.1. The van der Waals surface area contributed by atoms with Crippen molar-refractivity contribution in [2.45, 2.75) is 20.3 Å². The molecular formula is C24H21ClN2O3. The third-order valence-corrected chi connectivity index (χ3v) is 5.04. The first-order valence-electron chi connectivity index (χ1n) is 9.70. The molecule has 0 radical (unpaired) electrons. The molecular weight excluding hydrogens is 400 g/mol. The van der Waals surface area contributed by atoms with E-state index in [1.54, 1.807) is 18.2 Å². The lowest BCUT2D eigenvalue weighted by molar-refractivity contribution is -0.118. The van der Waals surface area contributed by atoms with E-state index in [-0.39, 0.29) is 12.5 Å². The van der Waals surface area contributed by atoms with Crippen LogP contribution in [0.25, 0.3) is 22.6 Å². The third kappa shape index (κ3) is 4.47. The quantitative estimate of drug-likeness (QED) is 0.413. The average molecular weight is 421 g/mol. The summed E-state index contributed by atoms with van der Waals surface area (Å²) in [6, 6.07) is 18.7. The molecule has 1 amide bonds. The van der Waals surface area contributed by atoms with Crippen molar-refractivity contribution in [2.24, 2.45) is 0 Å². The molecule has 30 heavy (non-hydrogen) atoms. The van der Waals surface area contributed by atoms with Crippen molar-refractivity contribution in [1.82, 2.24) is 4.98 Å². The zero-order valence-corrected chi connectivity index (χ0v) is 17.5. The van der Waals surface area contributed by atoms with E-state index in [1.807, 2.05) is 49.4 Å². The Bertz CT molecular complexity index is 1200. The van der Waals surface area contributed by atoms with Gasteiger partial charge < -0.3 is 14.5 Å². The topological polar surface area (TPSA) is 64.4 Å². The molecule has 152 valence electrons. The molecule has 4 aromatic rings. The van der Waals surface area contributed by atoms with Crippen LogP contribution in [0.2, 0.25) is 5.02 Å². The molecule has 1 aromatic heterocycles. The summed E-state index contributed by atoms with van der Waals surface area (Å²) < 4.78 is 11.4. The Morgan fingerprint density at radius 3 is 2.67 bits per heavy atom. The lowest BCUT2D eigenvalue weighted by Crippen LogP contribution is -2.20. The van der Waals surface area contributed by atoms with Crippen LogP contribution in [0, 0.1) is 6.92 Å². The first kappa shape index (κ1) is 20.0. The van der Waals surface area contributed by atoms with E-state index in [9.17, 15) is 4.79 Å². The number of hydrogen-bond acceptors (Lipinski definition) is 4. The molecule has 0 atom stereocenters. The fourth-order valence-corrected chi connectivity index (χ4v) is 3.24. The highest BCUT2D eigenvalue weighted by Gasteiger charge is 2.12. The molecule has 0 fully saturated rings. The molecule has 1 N–H and O–H groups in total. The predicted octanol–water partition coefficient (Wildman–Crippen LogP) is 6.04. The summed E-state index contributed by atoms with van der Waals surface area (Å²) in [6.45, 7) is 3.95. The van der Waals surface area contributed by atoms with Gasteiger partial charge in [0.25, 0.3) is 5.91 Å². The molecule has 5 nitrogen and oxygen atoms in total. The van der Waals surface area contributed by atoms with Gasteiger partial charge in [-0.05, 0) is 66.9 Å². The largest absolute Gasteiger partial charge is 0.484 e. The van der Waals surface area contributed by atoms with Crippen LogP contribution < -0.4 is 10.1 Å². The molecule has 0 spiro atoms. The molecule has 1 heterocycles. The van der Waals surface area contributed by atoms with Gasteiger partial charge in [0.1, 0.15) is 11.3 Å². The van der Waals surface area contributed by atoms with Crippen molar-refractivity contribution in [3.8, 4) is 17.2 Å². The van der Waals surface area contributed by atoms with Gasteiger partial charge in [-0.25, -0.2) is 4.98 Å². The zero-order chi connectivity index (χ0) is 21.1. The van der Waals surface area contributed by atoms with Crippen LogP contribution in [-0.4, -0.2) is 17.5 Å². The minimum atomic E-state index is -0.237. The average Bonchev–Trinajstić information content (AvgIpc) is 3.17. The van der Waals surface area contributed by atoms with E-state index in [1.165, 1.54) is 5.56 Å². The minimum absolute atomic E-state index is 0.0729. The number of oxazole rings is 1. The lowest BCUT2D eigenvalue weighted by Gasteiger charge is -2.11. The second kappa shape index (κ2) is 8.59. The monoisotopic (exact) mass is 420 g/mol. The molecule has 6 heteroatoms. The van der Waals surface area contributed by atoms with Crippen molar-refractivity contribution in [2.75, 3.05) is 11.9 Å². The molecule has 4 rings (SSSR count). The van der Waals surface area contributed by atoms with Crippen LogP contribution in [0.3, 0.4) is 0 Å². The SMILES string of the molecule is CCc1ccc(OCC(=O)Nc2cc(-c3nc4cc(Cl)ccc4o3)ccc2C)cc1. The highest BCUT2D eigenvalue weighted by Crippen LogP contribution is 2.29. The third-order valence-electron chi connectivity index (χ3n) is 4.81. The van der Waals surface area contributed by atoms with E-state index in [0.717, 1.165) is 17.5 Å². The molecule has 0 unspecified atom stereocenters. The fraction of sp³-hybridized carbons (Fsp3) is 0.167. The van der Waals surface area contributed by atoms with Crippen molar-refractivity contribution in [3.63, 3.8) is 0 Å². The van der Waals surface area contributed by atoms with Crippen LogP contribution >= 0.6 is 11.6 Å². The van der Waals surface area contributed by atoms with Crippen LogP contribution in [-0.2, 0) is 11.2 Å². The summed E-state index contributed by atoms with van der Waals surface area (Å²) in [7, 11) is 0. The number of hydrogen-bond donors (Lipinski definition) is 1. The first-order chi connectivity index (χ1) is 14.5. The number of ether oxygens (including phenoxy) is 1. The number of nitrogens with one attached hydrogen (secondary N) is 1. The van der Waals surface area contributed by atoms with E-state index >= 15 is 0 Å². The maximum Gasteiger partial charge on any atom is 0.262 e. The van der Waals surface area contributed by atoms with E-state index < -0.39 is 0 Å². The number of rotatable bonds is 6. The molecule has 0 saturated heterocycles. The Labute approximate surface area is 179 Å². The van der Waals surface area contributed by atoms with Crippen molar-refractivity contribution >= 4 is 34.3 Å². The molecule has 0 aliphatic rings. The van der Waals surface area contributed by atoms with Gasteiger partial charge in [-0.3, -0.25) is 4.79 Å². The number of fused-ring (bicyclic) bond motifs is 1. The number of nitrogens with zero attached hydrogens (tertiary/aromatic N) is 1. The Morgan fingerprint density at radius 1 is 1.10 bits per heavy atom.